The van der Waals surface area contributed by atoms with E-state index < -0.39 is 17.6 Å². The van der Waals surface area contributed by atoms with E-state index in [1.165, 1.54) is 12.1 Å². The van der Waals surface area contributed by atoms with Crippen LogP contribution in [0.4, 0.5) is 13.2 Å². The van der Waals surface area contributed by atoms with Gasteiger partial charge in [0.1, 0.15) is 0 Å². The number of carbonyl (C=O) groups excluding carboxylic acids is 1. The van der Waals surface area contributed by atoms with Gasteiger partial charge in [0.15, 0.2) is 0 Å². The Morgan fingerprint density at radius 1 is 1.09 bits per heavy atom. The van der Waals surface area contributed by atoms with Gasteiger partial charge in [-0.25, -0.2) is 0 Å². The number of nitrogens with one attached hydrogen (secondary N) is 1. The molecule has 0 saturated carbocycles. The molecule has 2 aromatic rings. The van der Waals surface area contributed by atoms with Gasteiger partial charge in [0, 0.05) is 11.6 Å². The second-order valence-corrected chi connectivity index (χ2v) is 5.48. The SMILES string of the molecule is C[C@@H](CCc1ccccc1)NC(=O)c1cccc(C(F)(F)F)c1. The van der Waals surface area contributed by atoms with Gasteiger partial charge in [-0.05, 0) is 43.5 Å². The lowest BCUT2D eigenvalue weighted by atomic mass is 10.1. The van der Waals surface area contributed by atoms with Gasteiger partial charge >= 0.3 is 6.18 Å². The monoisotopic (exact) mass is 321 g/mol. The minimum atomic E-state index is -4.45. The third-order valence-corrected chi connectivity index (χ3v) is 3.54. The molecule has 0 fully saturated rings. The van der Waals surface area contributed by atoms with Crippen molar-refractivity contribution in [1.82, 2.24) is 5.32 Å². The van der Waals surface area contributed by atoms with Crippen LogP contribution in [0.2, 0.25) is 0 Å². The molecule has 5 heteroatoms. The topological polar surface area (TPSA) is 29.1 Å². The first kappa shape index (κ1) is 17.1. The second kappa shape index (κ2) is 7.31. The minimum absolute atomic E-state index is 0.0198. The largest absolute Gasteiger partial charge is 0.416 e. The third kappa shape index (κ3) is 5.13. The first-order valence-corrected chi connectivity index (χ1v) is 7.38. The van der Waals surface area contributed by atoms with Crippen LogP contribution in [-0.4, -0.2) is 11.9 Å². The van der Waals surface area contributed by atoms with E-state index in [-0.39, 0.29) is 11.6 Å². The molecule has 0 radical (unpaired) electrons. The lowest BCUT2D eigenvalue weighted by Crippen LogP contribution is -2.33. The Morgan fingerprint density at radius 3 is 2.43 bits per heavy atom. The van der Waals surface area contributed by atoms with Crippen molar-refractivity contribution in [1.29, 1.82) is 0 Å². The van der Waals surface area contributed by atoms with Gasteiger partial charge in [-0.3, -0.25) is 4.79 Å². The number of aryl methyl sites for hydroxylation is 1. The Kier molecular flexibility index (Phi) is 5.42. The highest BCUT2D eigenvalue weighted by molar-refractivity contribution is 5.94. The van der Waals surface area contributed by atoms with Crippen molar-refractivity contribution in [3.8, 4) is 0 Å². The fraction of sp³-hybridized carbons (Fsp3) is 0.278. The molecule has 0 aliphatic heterocycles. The molecule has 0 unspecified atom stereocenters. The maximum atomic E-state index is 12.7. The van der Waals surface area contributed by atoms with Crippen molar-refractivity contribution in [2.24, 2.45) is 0 Å². The average Bonchev–Trinajstić information content (AvgIpc) is 2.53. The molecule has 0 aromatic heterocycles. The van der Waals surface area contributed by atoms with E-state index in [0.717, 1.165) is 24.1 Å². The molecule has 122 valence electrons. The lowest BCUT2D eigenvalue weighted by molar-refractivity contribution is -0.137. The summed E-state index contributed by atoms with van der Waals surface area (Å²) in [5.74, 6) is -0.489. The van der Waals surface area contributed by atoms with Gasteiger partial charge in [0.05, 0.1) is 5.56 Å². The maximum Gasteiger partial charge on any atom is 0.416 e. The van der Waals surface area contributed by atoms with E-state index in [1.54, 1.807) is 0 Å². The number of alkyl halides is 3. The zero-order chi connectivity index (χ0) is 16.9. The van der Waals surface area contributed by atoms with Crippen LogP contribution in [0.3, 0.4) is 0 Å². The maximum absolute atomic E-state index is 12.7. The minimum Gasteiger partial charge on any atom is -0.350 e. The van der Waals surface area contributed by atoms with Crippen LogP contribution in [0, 0.1) is 0 Å². The molecule has 0 saturated heterocycles. The molecule has 0 aliphatic rings. The van der Waals surface area contributed by atoms with E-state index >= 15 is 0 Å². The third-order valence-electron chi connectivity index (χ3n) is 3.54. The first-order chi connectivity index (χ1) is 10.9. The molecule has 0 aliphatic carbocycles. The number of hydrogen-bond acceptors (Lipinski definition) is 1. The Hall–Kier alpha value is -2.30. The summed E-state index contributed by atoms with van der Waals surface area (Å²) in [5, 5.41) is 2.74. The van der Waals surface area contributed by atoms with Crippen molar-refractivity contribution in [3.63, 3.8) is 0 Å². The molecule has 2 nitrogen and oxygen atoms in total. The zero-order valence-corrected chi connectivity index (χ0v) is 12.7. The molecule has 1 atom stereocenters. The van der Waals surface area contributed by atoms with Gasteiger partial charge in [-0.2, -0.15) is 13.2 Å². The van der Waals surface area contributed by atoms with Gasteiger partial charge in [-0.15, -0.1) is 0 Å². The van der Waals surface area contributed by atoms with Crippen LogP contribution >= 0.6 is 0 Å². The second-order valence-electron chi connectivity index (χ2n) is 5.48. The van der Waals surface area contributed by atoms with Crippen LogP contribution in [0.25, 0.3) is 0 Å². The van der Waals surface area contributed by atoms with Crippen molar-refractivity contribution in [2.45, 2.75) is 32.0 Å². The number of benzene rings is 2. The highest BCUT2D eigenvalue weighted by Gasteiger charge is 2.30. The van der Waals surface area contributed by atoms with Crippen LogP contribution in [0.5, 0.6) is 0 Å². The standard InChI is InChI=1S/C18H18F3NO/c1-13(10-11-14-6-3-2-4-7-14)22-17(23)15-8-5-9-16(12-15)18(19,20)21/h2-9,12-13H,10-11H2,1H3,(H,22,23)/t13-/m0/s1. The Morgan fingerprint density at radius 2 is 1.78 bits per heavy atom. The van der Waals surface area contributed by atoms with E-state index in [2.05, 4.69) is 5.32 Å². The summed E-state index contributed by atoms with van der Waals surface area (Å²) in [6.07, 6.45) is -2.94. The predicted octanol–water partition coefficient (Wildman–Crippen LogP) is 4.46. The van der Waals surface area contributed by atoms with Gasteiger partial charge in [0.2, 0.25) is 0 Å². The van der Waals surface area contributed by atoms with Gasteiger partial charge in [-0.1, -0.05) is 36.4 Å². The molecule has 0 heterocycles. The quantitative estimate of drug-likeness (QED) is 0.866. The summed E-state index contributed by atoms with van der Waals surface area (Å²) in [7, 11) is 0. The molecule has 23 heavy (non-hydrogen) atoms. The van der Waals surface area contributed by atoms with Crippen molar-refractivity contribution in [2.75, 3.05) is 0 Å². The highest BCUT2D eigenvalue weighted by atomic mass is 19.4. The molecule has 2 rings (SSSR count). The number of rotatable bonds is 5. The molecule has 0 bridgehead atoms. The molecular weight excluding hydrogens is 303 g/mol. The Bertz CT molecular complexity index is 653. The highest BCUT2D eigenvalue weighted by Crippen LogP contribution is 2.29. The predicted molar refractivity (Wildman–Crippen MR) is 83.1 cm³/mol. The van der Waals surface area contributed by atoms with Crippen molar-refractivity contribution >= 4 is 5.91 Å². The summed E-state index contributed by atoms with van der Waals surface area (Å²) in [5.41, 5.74) is 0.362. The van der Waals surface area contributed by atoms with E-state index in [4.69, 9.17) is 0 Å². The zero-order valence-electron chi connectivity index (χ0n) is 12.7. The lowest BCUT2D eigenvalue weighted by Gasteiger charge is -2.15. The molecular formula is C18H18F3NO. The van der Waals surface area contributed by atoms with Crippen LogP contribution < -0.4 is 5.32 Å². The molecule has 2 aromatic carbocycles. The smallest absolute Gasteiger partial charge is 0.350 e. The van der Waals surface area contributed by atoms with Crippen molar-refractivity contribution in [3.05, 3.63) is 71.3 Å². The van der Waals surface area contributed by atoms with E-state index in [1.807, 2.05) is 37.3 Å². The van der Waals surface area contributed by atoms with E-state index in [9.17, 15) is 18.0 Å². The summed E-state index contributed by atoms with van der Waals surface area (Å²) in [6.45, 7) is 1.84. The molecule has 1 N–H and O–H groups in total. The number of halogens is 3. The molecule has 0 spiro atoms. The average molecular weight is 321 g/mol. The fourth-order valence-electron chi connectivity index (χ4n) is 2.24. The van der Waals surface area contributed by atoms with Crippen molar-refractivity contribution < 1.29 is 18.0 Å². The van der Waals surface area contributed by atoms with Crippen LogP contribution in [-0.2, 0) is 12.6 Å². The summed E-state index contributed by atoms with van der Waals surface area (Å²) in [6, 6.07) is 14.2. The Labute approximate surface area is 133 Å². The van der Waals surface area contributed by atoms with Crippen LogP contribution in [0.1, 0.15) is 34.8 Å². The fourth-order valence-corrected chi connectivity index (χ4v) is 2.24. The first-order valence-electron chi connectivity index (χ1n) is 7.38. The normalized spacial score (nSPS) is 12.7. The molecule has 1 amide bonds. The van der Waals surface area contributed by atoms with E-state index in [0.29, 0.717) is 6.42 Å². The van der Waals surface area contributed by atoms with Gasteiger partial charge in [0.25, 0.3) is 5.91 Å². The summed E-state index contributed by atoms with van der Waals surface area (Å²) < 4.78 is 38.0. The summed E-state index contributed by atoms with van der Waals surface area (Å²) in [4.78, 5) is 12.1. The van der Waals surface area contributed by atoms with Gasteiger partial charge < -0.3 is 5.32 Å². The number of amides is 1. The van der Waals surface area contributed by atoms with Crippen LogP contribution in [0.15, 0.2) is 54.6 Å². The Balaban J connectivity index is 1.93. The number of carbonyl (C=O) groups is 1. The summed E-state index contributed by atoms with van der Waals surface area (Å²) >= 11 is 0. The number of hydrogen-bond donors (Lipinski definition) is 1.